The van der Waals surface area contributed by atoms with Gasteiger partial charge in [0.15, 0.2) is 5.78 Å². The molecule has 5 heteroatoms. The van der Waals surface area contributed by atoms with E-state index in [9.17, 15) is 4.79 Å². The van der Waals surface area contributed by atoms with Gasteiger partial charge in [-0.05, 0) is 5.21 Å². The summed E-state index contributed by atoms with van der Waals surface area (Å²) in [4.78, 5) is 13.2. The molecule has 18 heavy (non-hydrogen) atoms. The Bertz CT molecular complexity index is 540. The zero-order chi connectivity index (χ0) is 13.2. The van der Waals surface area contributed by atoms with Crippen LogP contribution in [0.3, 0.4) is 0 Å². The van der Waals surface area contributed by atoms with Crippen LogP contribution in [0.5, 0.6) is 0 Å². The topological polar surface area (TPSA) is 60.7 Å². The van der Waals surface area contributed by atoms with Crippen LogP contribution in [0.25, 0.3) is 11.4 Å². The van der Waals surface area contributed by atoms with E-state index in [2.05, 4.69) is 15.4 Å². The van der Waals surface area contributed by atoms with Gasteiger partial charge in [0.25, 0.3) is 0 Å². The monoisotopic (exact) mass is 244 g/mol. The number of carbonyl (C=O) groups excluding carboxylic acids is 1. The van der Waals surface area contributed by atoms with Crippen LogP contribution in [0, 0.1) is 5.41 Å². The van der Waals surface area contributed by atoms with Gasteiger partial charge in [0.1, 0.15) is 6.54 Å². The maximum atomic E-state index is 11.9. The van der Waals surface area contributed by atoms with Crippen LogP contribution in [-0.2, 0) is 11.3 Å². The van der Waals surface area contributed by atoms with Gasteiger partial charge in [-0.3, -0.25) is 4.79 Å². The third-order valence-electron chi connectivity index (χ3n) is 2.61. The number of benzene rings is 1. The van der Waals surface area contributed by atoms with Gasteiger partial charge in [0.05, 0.1) is 0 Å². The maximum absolute atomic E-state index is 11.9. The Balaban J connectivity index is 2.15. The number of tetrazole rings is 1. The lowest BCUT2D eigenvalue weighted by Crippen LogP contribution is -2.26. The second-order valence-electron chi connectivity index (χ2n) is 5.18. The Morgan fingerprint density at radius 3 is 2.50 bits per heavy atom. The van der Waals surface area contributed by atoms with Gasteiger partial charge < -0.3 is 0 Å². The molecule has 0 saturated heterocycles. The van der Waals surface area contributed by atoms with E-state index in [1.165, 1.54) is 4.80 Å². The van der Waals surface area contributed by atoms with Crippen LogP contribution in [0.2, 0.25) is 0 Å². The van der Waals surface area contributed by atoms with Crippen molar-refractivity contribution in [3.8, 4) is 11.4 Å². The highest BCUT2D eigenvalue weighted by Crippen LogP contribution is 2.16. The Morgan fingerprint density at radius 1 is 1.22 bits per heavy atom. The fourth-order valence-corrected chi connectivity index (χ4v) is 1.38. The number of nitrogens with zero attached hydrogens (tertiary/aromatic N) is 4. The van der Waals surface area contributed by atoms with Crippen molar-refractivity contribution in [2.24, 2.45) is 5.41 Å². The summed E-state index contributed by atoms with van der Waals surface area (Å²) in [5, 5.41) is 12.1. The molecule has 0 radical (unpaired) electrons. The van der Waals surface area contributed by atoms with Crippen molar-refractivity contribution >= 4 is 5.78 Å². The van der Waals surface area contributed by atoms with E-state index in [-0.39, 0.29) is 17.7 Å². The van der Waals surface area contributed by atoms with E-state index in [0.717, 1.165) is 5.56 Å². The fraction of sp³-hybridized carbons (Fsp3) is 0.385. The second-order valence-corrected chi connectivity index (χ2v) is 5.18. The molecule has 0 saturated carbocycles. The number of hydrogen-bond donors (Lipinski definition) is 0. The molecule has 1 heterocycles. The normalized spacial score (nSPS) is 11.5. The van der Waals surface area contributed by atoms with E-state index in [1.807, 2.05) is 51.1 Å². The lowest BCUT2D eigenvalue weighted by Gasteiger charge is -2.15. The van der Waals surface area contributed by atoms with Crippen molar-refractivity contribution in [1.82, 2.24) is 20.2 Å². The SMILES string of the molecule is CC(C)(C)C(=O)Cn1nnc(-c2ccccc2)n1. The third-order valence-corrected chi connectivity index (χ3v) is 2.61. The number of ketones is 1. The van der Waals surface area contributed by atoms with Crippen molar-refractivity contribution in [3.05, 3.63) is 30.3 Å². The van der Waals surface area contributed by atoms with Crippen LogP contribution in [0.1, 0.15) is 20.8 Å². The van der Waals surface area contributed by atoms with Crippen molar-refractivity contribution in [2.75, 3.05) is 0 Å². The molecular weight excluding hydrogens is 228 g/mol. The first kappa shape index (κ1) is 12.4. The summed E-state index contributed by atoms with van der Waals surface area (Å²) in [5.74, 6) is 0.622. The van der Waals surface area contributed by atoms with Crippen LogP contribution >= 0.6 is 0 Å². The smallest absolute Gasteiger partial charge is 0.204 e. The summed E-state index contributed by atoms with van der Waals surface area (Å²) in [5.41, 5.74) is 0.507. The van der Waals surface area contributed by atoms with Gasteiger partial charge in [0, 0.05) is 11.0 Å². The van der Waals surface area contributed by atoms with E-state index in [4.69, 9.17) is 0 Å². The minimum atomic E-state index is -0.388. The van der Waals surface area contributed by atoms with Crippen molar-refractivity contribution in [2.45, 2.75) is 27.3 Å². The zero-order valence-electron chi connectivity index (χ0n) is 10.8. The Morgan fingerprint density at radius 2 is 1.89 bits per heavy atom. The highest BCUT2D eigenvalue weighted by Gasteiger charge is 2.22. The molecule has 94 valence electrons. The summed E-state index contributed by atoms with van der Waals surface area (Å²) in [6.45, 7) is 5.79. The first-order chi connectivity index (χ1) is 8.47. The molecule has 0 N–H and O–H groups in total. The number of rotatable bonds is 3. The summed E-state index contributed by atoms with van der Waals surface area (Å²) in [6, 6.07) is 9.57. The molecule has 2 rings (SSSR count). The number of carbonyl (C=O) groups is 1. The third kappa shape index (κ3) is 2.80. The van der Waals surface area contributed by atoms with Gasteiger partial charge in [-0.1, -0.05) is 51.1 Å². The van der Waals surface area contributed by atoms with Crippen LogP contribution < -0.4 is 0 Å². The lowest BCUT2D eigenvalue weighted by atomic mass is 9.91. The molecule has 0 aliphatic heterocycles. The first-order valence-corrected chi connectivity index (χ1v) is 5.83. The van der Waals surface area contributed by atoms with Crippen molar-refractivity contribution in [1.29, 1.82) is 0 Å². The molecule has 1 aromatic heterocycles. The highest BCUT2D eigenvalue weighted by molar-refractivity contribution is 5.83. The van der Waals surface area contributed by atoms with Crippen LogP contribution in [0.4, 0.5) is 0 Å². The quantitative estimate of drug-likeness (QED) is 0.828. The van der Waals surface area contributed by atoms with Crippen LogP contribution in [-0.4, -0.2) is 26.0 Å². The summed E-state index contributed by atoms with van der Waals surface area (Å²) >= 11 is 0. The predicted octanol–water partition coefficient (Wildman–Crippen LogP) is 1.96. The Kier molecular flexibility index (Phi) is 3.23. The molecule has 0 fully saturated rings. The lowest BCUT2D eigenvalue weighted by molar-refractivity contribution is -0.127. The van der Waals surface area contributed by atoms with Gasteiger partial charge in [-0.25, -0.2) is 0 Å². The predicted molar refractivity (Wildman–Crippen MR) is 67.7 cm³/mol. The van der Waals surface area contributed by atoms with E-state index >= 15 is 0 Å². The van der Waals surface area contributed by atoms with Crippen molar-refractivity contribution in [3.63, 3.8) is 0 Å². The van der Waals surface area contributed by atoms with E-state index in [1.54, 1.807) is 0 Å². The maximum Gasteiger partial charge on any atom is 0.204 e. The molecule has 0 amide bonds. The number of aromatic nitrogens is 4. The molecule has 0 bridgehead atoms. The Hall–Kier alpha value is -2.04. The molecule has 0 unspecified atom stereocenters. The molecule has 2 aromatic rings. The largest absolute Gasteiger partial charge is 0.297 e. The number of Topliss-reactive ketones (excluding diaryl/α,β-unsaturated/α-hetero) is 1. The average Bonchev–Trinajstić information content (AvgIpc) is 2.77. The summed E-state index contributed by atoms with van der Waals surface area (Å²) in [7, 11) is 0. The highest BCUT2D eigenvalue weighted by atomic mass is 16.1. The van der Waals surface area contributed by atoms with Gasteiger partial charge >= 0.3 is 0 Å². The van der Waals surface area contributed by atoms with E-state index < -0.39 is 0 Å². The first-order valence-electron chi connectivity index (χ1n) is 5.83. The standard InChI is InChI=1S/C13H16N4O/c1-13(2,3)11(18)9-17-15-12(14-16-17)10-7-5-4-6-8-10/h4-8H,9H2,1-3H3. The van der Waals surface area contributed by atoms with Gasteiger partial charge in [0.2, 0.25) is 5.82 Å². The minimum Gasteiger partial charge on any atom is -0.297 e. The molecule has 1 aromatic carbocycles. The van der Waals surface area contributed by atoms with Gasteiger partial charge in [-0.2, -0.15) is 4.80 Å². The number of hydrogen-bond acceptors (Lipinski definition) is 4. The second kappa shape index (κ2) is 4.68. The molecule has 5 nitrogen and oxygen atoms in total. The van der Waals surface area contributed by atoms with Crippen LogP contribution in [0.15, 0.2) is 30.3 Å². The molecule has 0 aliphatic rings. The minimum absolute atomic E-state index is 0.0829. The van der Waals surface area contributed by atoms with Gasteiger partial charge in [-0.15, -0.1) is 10.2 Å². The molecule has 0 atom stereocenters. The summed E-state index contributed by atoms with van der Waals surface area (Å²) < 4.78 is 0. The fourth-order valence-electron chi connectivity index (χ4n) is 1.38. The molecule has 0 aliphatic carbocycles. The average molecular weight is 244 g/mol. The molecular formula is C13H16N4O. The Labute approximate surface area is 106 Å². The summed E-state index contributed by atoms with van der Waals surface area (Å²) in [6.07, 6.45) is 0. The molecule has 0 spiro atoms. The van der Waals surface area contributed by atoms with E-state index in [0.29, 0.717) is 5.82 Å². The zero-order valence-corrected chi connectivity index (χ0v) is 10.8. The van der Waals surface area contributed by atoms with Crippen molar-refractivity contribution < 1.29 is 4.79 Å².